The molecule has 0 amide bonds. The van der Waals surface area contributed by atoms with Crippen molar-refractivity contribution in [2.45, 2.75) is 25.2 Å². The van der Waals surface area contributed by atoms with Gasteiger partial charge in [0, 0.05) is 5.79 Å². The zero-order chi connectivity index (χ0) is 8.85. The summed E-state index contributed by atoms with van der Waals surface area (Å²) in [5.41, 5.74) is 0. The summed E-state index contributed by atoms with van der Waals surface area (Å²) >= 11 is 0. The van der Waals surface area contributed by atoms with Gasteiger partial charge >= 0.3 is 0 Å². The molecule has 0 heterocycles. The standard InChI is InChI=1S/C8H22N2Si/c1-6-7-11-8(9(2)3)10(4)5/h8H,6-7,11H2,1-5H3. The molecule has 0 saturated carbocycles. The van der Waals surface area contributed by atoms with Crippen molar-refractivity contribution >= 4 is 9.52 Å². The molecule has 0 aromatic carbocycles. The van der Waals surface area contributed by atoms with Gasteiger partial charge in [-0.15, -0.1) is 0 Å². The third kappa shape index (κ3) is 4.56. The van der Waals surface area contributed by atoms with Gasteiger partial charge in [0.25, 0.3) is 0 Å². The Morgan fingerprint density at radius 2 is 1.55 bits per heavy atom. The van der Waals surface area contributed by atoms with Crippen LogP contribution >= 0.6 is 0 Å². The van der Waals surface area contributed by atoms with Gasteiger partial charge in [0.15, 0.2) is 0 Å². The molecular weight excluding hydrogens is 152 g/mol. The minimum atomic E-state index is 0.0822. The highest BCUT2D eigenvalue weighted by atomic mass is 28.2. The fourth-order valence-electron chi connectivity index (χ4n) is 1.36. The predicted octanol–water partition coefficient (Wildman–Crippen LogP) is 0.390. The van der Waals surface area contributed by atoms with Crippen molar-refractivity contribution < 1.29 is 0 Å². The maximum absolute atomic E-state index is 2.34. The van der Waals surface area contributed by atoms with Crippen LogP contribution in [0.5, 0.6) is 0 Å². The zero-order valence-corrected chi connectivity index (χ0v) is 10.0. The van der Waals surface area contributed by atoms with Crippen molar-refractivity contribution in [1.29, 1.82) is 0 Å². The van der Waals surface area contributed by atoms with Crippen LogP contribution in [0.1, 0.15) is 13.3 Å². The number of hydrogen-bond acceptors (Lipinski definition) is 2. The molecule has 0 rings (SSSR count). The maximum Gasteiger partial charge on any atom is 0.0591 e. The molecule has 0 saturated heterocycles. The van der Waals surface area contributed by atoms with Crippen molar-refractivity contribution in [3.63, 3.8) is 0 Å². The van der Waals surface area contributed by atoms with Gasteiger partial charge in [-0.3, -0.25) is 9.80 Å². The molecule has 3 heteroatoms. The first kappa shape index (κ1) is 11.1. The zero-order valence-electron chi connectivity index (χ0n) is 8.59. The van der Waals surface area contributed by atoms with E-state index in [1.807, 2.05) is 0 Å². The fourth-order valence-corrected chi connectivity index (χ4v) is 3.17. The van der Waals surface area contributed by atoms with Crippen LogP contribution in [0.15, 0.2) is 0 Å². The molecule has 0 spiro atoms. The summed E-state index contributed by atoms with van der Waals surface area (Å²) < 4.78 is 0. The molecular formula is C8H22N2Si. The average Bonchev–Trinajstić information content (AvgIpc) is 1.87. The van der Waals surface area contributed by atoms with E-state index in [4.69, 9.17) is 0 Å². The van der Waals surface area contributed by atoms with Crippen LogP contribution in [0.25, 0.3) is 0 Å². The van der Waals surface area contributed by atoms with Gasteiger partial charge in [-0.25, -0.2) is 0 Å². The Kier molecular flexibility index (Phi) is 5.82. The van der Waals surface area contributed by atoms with Crippen molar-refractivity contribution in [3.05, 3.63) is 0 Å². The Bertz CT molecular complexity index is 86.1. The van der Waals surface area contributed by atoms with Gasteiger partial charge in [-0.2, -0.15) is 0 Å². The smallest absolute Gasteiger partial charge is 0.0591 e. The lowest BCUT2D eigenvalue weighted by molar-refractivity contribution is 0.200. The van der Waals surface area contributed by atoms with E-state index in [0.29, 0.717) is 0 Å². The Hall–Kier alpha value is 0.137. The fraction of sp³-hybridized carbons (Fsp3) is 1.00. The third-order valence-corrected chi connectivity index (χ3v) is 5.10. The molecule has 11 heavy (non-hydrogen) atoms. The van der Waals surface area contributed by atoms with Crippen LogP contribution in [-0.2, 0) is 0 Å². The Morgan fingerprint density at radius 1 is 1.09 bits per heavy atom. The molecule has 0 aliphatic carbocycles. The Balaban J connectivity index is 3.70. The lowest BCUT2D eigenvalue weighted by Gasteiger charge is -2.30. The molecule has 0 aliphatic heterocycles. The minimum Gasteiger partial charge on any atom is -0.297 e. The van der Waals surface area contributed by atoms with E-state index in [9.17, 15) is 0 Å². The molecule has 0 aromatic rings. The van der Waals surface area contributed by atoms with E-state index < -0.39 is 0 Å². The normalized spacial score (nSPS) is 13.1. The van der Waals surface area contributed by atoms with Gasteiger partial charge in [0.2, 0.25) is 0 Å². The van der Waals surface area contributed by atoms with Crippen LogP contribution in [-0.4, -0.2) is 53.3 Å². The first-order chi connectivity index (χ1) is 5.09. The lowest BCUT2D eigenvalue weighted by atomic mass is 10.6. The second kappa shape index (κ2) is 5.74. The summed E-state index contributed by atoms with van der Waals surface area (Å²) in [7, 11) is 8.78. The molecule has 0 aromatic heterocycles. The van der Waals surface area contributed by atoms with Crippen LogP contribution in [0.3, 0.4) is 0 Å². The summed E-state index contributed by atoms with van der Waals surface area (Å²) in [5, 5.41) is 0. The van der Waals surface area contributed by atoms with Crippen molar-refractivity contribution in [2.75, 3.05) is 28.2 Å². The van der Waals surface area contributed by atoms with E-state index in [-0.39, 0.29) is 9.52 Å². The molecule has 0 fully saturated rings. The van der Waals surface area contributed by atoms with E-state index in [1.165, 1.54) is 12.5 Å². The maximum atomic E-state index is 2.34. The van der Waals surface area contributed by atoms with Crippen LogP contribution < -0.4 is 0 Å². The summed E-state index contributed by atoms with van der Waals surface area (Å²) in [6.45, 7) is 2.27. The van der Waals surface area contributed by atoms with Crippen molar-refractivity contribution in [3.8, 4) is 0 Å². The van der Waals surface area contributed by atoms with Gasteiger partial charge in [0.05, 0.1) is 9.52 Å². The van der Waals surface area contributed by atoms with E-state index >= 15 is 0 Å². The van der Waals surface area contributed by atoms with E-state index in [1.54, 1.807) is 0 Å². The Labute approximate surface area is 73.4 Å². The monoisotopic (exact) mass is 174 g/mol. The minimum absolute atomic E-state index is 0.0822. The van der Waals surface area contributed by atoms with Crippen molar-refractivity contribution in [1.82, 2.24) is 9.80 Å². The molecule has 0 atom stereocenters. The molecule has 0 bridgehead atoms. The highest BCUT2D eigenvalue weighted by Gasteiger charge is 2.12. The molecule has 2 nitrogen and oxygen atoms in total. The van der Waals surface area contributed by atoms with Crippen LogP contribution in [0.2, 0.25) is 6.04 Å². The largest absolute Gasteiger partial charge is 0.297 e. The summed E-state index contributed by atoms with van der Waals surface area (Å²) in [6.07, 6.45) is 1.35. The van der Waals surface area contributed by atoms with Gasteiger partial charge < -0.3 is 0 Å². The van der Waals surface area contributed by atoms with Crippen molar-refractivity contribution in [2.24, 2.45) is 0 Å². The first-order valence-corrected chi connectivity index (χ1v) is 6.24. The molecule has 68 valence electrons. The van der Waals surface area contributed by atoms with E-state index in [0.717, 1.165) is 5.79 Å². The van der Waals surface area contributed by atoms with Gasteiger partial charge in [0.1, 0.15) is 0 Å². The van der Waals surface area contributed by atoms with Crippen LogP contribution in [0.4, 0.5) is 0 Å². The van der Waals surface area contributed by atoms with Gasteiger partial charge in [-0.05, 0) is 28.2 Å². The molecule has 0 radical (unpaired) electrons. The SMILES string of the molecule is CCC[SiH2]C(N(C)C)N(C)C. The molecule has 0 aliphatic rings. The average molecular weight is 174 g/mol. The first-order valence-electron chi connectivity index (χ1n) is 4.42. The second-order valence-electron chi connectivity index (χ2n) is 3.55. The molecule has 0 N–H and O–H groups in total. The summed E-state index contributed by atoms with van der Waals surface area (Å²) in [4.78, 5) is 4.67. The highest BCUT2D eigenvalue weighted by Crippen LogP contribution is 1.99. The van der Waals surface area contributed by atoms with Gasteiger partial charge in [-0.1, -0.05) is 19.4 Å². The predicted molar refractivity (Wildman–Crippen MR) is 54.8 cm³/mol. The number of nitrogens with zero attached hydrogens (tertiary/aromatic N) is 2. The van der Waals surface area contributed by atoms with Crippen LogP contribution in [0, 0.1) is 0 Å². The topological polar surface area (TPSA) is 6.48 Å². The molecule has 0 unspecified atom stereocenters. The Morgan fingerprint density at radius 3 is 1.82 bits per heavy atom. The lowest BCUT2D eigenvalue weighted by Crippen LogP contribution is -2.44. The third-order valence-electron chi connectivity index (χ3n) is 2.01. The second-order valence-corrected chi connectivity index (χ2v) is 5.56. The highest BCUT2D eigenvalue weighted by molar-refractivity contribution is 6.37. The number of hydrogen-bond donors (Lipinski definition) is 0. The van der Waals surface area contributed by atoms with E-state index in [2.05, 4.69) is 44.9 Å². The summed E-state index contributed by atoms with van der Waals surface area (Å²) in [5.74, 6) is 0.745. The summed E-state index contributed by atoms with van der Waals surface area (Å²) in [6, 6.07) is 1.46. The number of rotatable bonds is 5. The quantitative estimate of drug-likeness (QED) is 0.439.